The van der Waals surface area contributed by atoms with Crippen LogP contribution in [0.4, 0.5) is 0 Å². The van der Waals surface area contributed by atoms with Crippen LogP contribution in [0.1, 0.15) is 25.0 Å². The predicted molar refractivity (Wildman–Crippen MR) is 111 cm³/mol. The van der Waals surface area contributed by atoms with E-state index in [0.29, 0.717) is 29.2 Å². The number of ketones is 1. The molecular formula is C22H21Cl2NO. The van der Waals surface area contributed by atoms with E-state index in [1.165, 1.54) is 0 Å². The maximum atomic E-state index is 13.0. The standard InChI is InChI=1S/C22H21Cl2NO/c1-15(2)25-13-18(11-16-3-7-20(23)8-4-16)22(26)19(14-25)12-17-5-9-21(24)10-6-17/h3-12,15H,13-14H2,1-2H3/b18-11+,19-12+. The zero-order valence-corrected chi connectivity index (χ0v) is 16.4. The lowest BCUT2D eigenvalue weighted by molar-refractivity contribution is -0.113. The number of carbonyl (C=O) groups is 1. The molecule has 26 heavy (non-hydrogen) atoms. The Morgan fingerprint density at radius 1 is 0.808 bits per heavy atom. The minimum absolute atomic E-state index is 0.104. The molecule has 0 bridgehead atoms. The zero-order chi connectivity index (χ0) is 18.7. The summed E-state index contributed by atoms with van der Waals surface area (Å²) in [5.74, 6) is 0.104. The zero-order valence-electron chi connectivity index (χ0n) is 14.9. The highest BCUT2D eigenvalue weighted by Gasteiger charge is 2.27. The maximum absolute atomic E-state index is 13.0. The number of likely N-dealkylation sites (tertiary alicyclic amines) is 1. The third kappa shape index (κ3) is 4.64. The van der Waals surface area contributed by atoms with Gasteiger partial charge in [-0.15, -0.1) is 0 Å². The van der Waals surface area contributed by atoms with E-state index in [-0.39, 0.29) is 5.78 Å². The van der Waals surface area contributed by atoms with Crippen molar-refractivity contribution in [1.82, 2.24) is 4.90 Å². The van der Waals surface area contributed by atoms with Crippen LogP contribution in [-0.4, -0.2) is 29.8 Å². The minimum atomic E-state index is 0.104. The van der Waals surface area contributed by atoms with E-state index in [1.54, 1.807) is 0 Å². The summed E-state index contributed by atoms with van der Waals surface area (Å²) in [5, 5.41) is 1.38. The normalized spacial score (nSPS) is 18.9. The van der Waals surface area contributed by atoms with Crippen molar-refractivity contribution in [3.05, 3.63) is 80.8 Å². The number of hydrogen-bond donors (Lipinski definition) is 0. The molecule has 1 saturated heterocycles. The van der Waals surface area contributed by atoms with Crippen LogP contribution >= 0.6 is 23.2 Å². The molecule has 1 aliphatic heterocycles. The van der Waals surface area contributed by atoms with Crippen LogP contribution in [0.15, 0.2) is 59.7 Å². The second kappa shape index (κ2) is 8.22. The summed E-state index contributed by atoms with van der Waals surface area (Å²) in [7, 11) is 0. The number of piperidine rings is 1. The van der Waals surface area contributed by atoms with Crippen molar-refractivity contribution in [2.75, 3.05) is 13.1 Å². The molecule has 0 spiro atoms. The second-order valence-corrected chi connectivity index (χ2v) is 7.64. The van der Waals surface area contributed by atoms with Gasteiger partial charge in [-0.1, -0.05) is 47.5 Å². The number of Topliss-reactive ketones (excluding diaryl/α,β-unsaturated/α-hetero) is 1. The van der Waals surface area contributed by atoms with E-state index in [2.05, 4.69) is 18.7 Å². The van der Waals surface area contributed by atoms with Crippen molar-refractivity contribution in [2.24, 2.45) is 0 Å². The first-order chi connectivity index (χ1) is 12.4. The number of rotatable bonds is 3. The number of benzene rings is 2. The topological polar surface area (TPSA) is 20.3 Å². The Morgan fingerprint density at radius 3 is 1.54 bits per heavy atom. The number of nitrogens with zero attached hydrogens (tertiary/aromatic N) is 1. The van der Waals surface area contributed by atoms with Crippen molar-refractivity contribution in [3.8, 4) is 0 Å². The fraction of sp³-hybridized carbons (Fsp3) is 0.227. The lowest BCUT2D eigenvalue weighted by Gasteiger charge is -2.32. The van der Waals surface area contributed by atoms with E-state index in [4.69, 9.17) is 23.2 Å². The molecule has 0 atom stereocenters. The molecule has 1 fully saturated rings. The molecule has 0 amide bonds. The van der Waals surface area contributed by atoms with E-state index < -0.39 is 0 Å². The van der Waals surface area contributed by atoms with Crippen molar-refractivity contribution >= 4 is 41.1 Å². The lowest BCUT2D eigenvalue weighted by atomic mass is 9.93. The summed E-state index contributed by atoms with van der Waals surface area (Å²) in [4.78, 5) is 15.3. The van der Waals surface area contributed by atoms with Crippen molar-refractivity contribution in [2.45, 2.75) is 19.9 Å². The van der Waals surface area contributed by atoms with Gasteiger partial charge in [0.2, 0.25) is 0 Å². The number of carbonyl (C=O) groups excluding carboxylic acids is 1. The van der Waals surface area contributed by atoms with Gasteiger partial charge in [0.15, 0.2) is 5.78 Å². The first-order valence-electron chi connectivity index (χ1n) is 8.63. The van der Waals surface area contributed by atoms with Gasteiger partial charge in [-0.25, -0.2) is 0 Å². The fourth-order valence-electron chi connectivity index (χ4n) is 2.95. The van der Waals surface area contributed by atoms with Gasteiger partial charge in [-0.2, -0.15) is 0 Å². The maximum Gasteiger partial charge on any atom is 0.187 e. The third-order valence-corrected chi connectivity index (χ3v) is 4.99. The largest absolute Gasteiger partial charge is 0.292 e. The molecule has 0 radical (unpaired) electrons. The summed E-state index contributed by atoms with van der Waals surface area (Å²) in [6.45, 7) is 5.60. The summed E-state index contributed by atoms with van der Waals surface area (Å²) in [5.41, 5.74) is 3.56. The van der Waals surface area contributed by atoms with Crippen LogP contribution in [0.3, 0.4) is 0 Å². The Kier molecular flexibility index (Phi) is 5.98. The van der Waals surface area contributed by atoms with Crippen LogP contribution in [0, 0.1) is 0 Å². The average molecular weight is 386 g/mol. The van der Waals surface area contributed by atoms with Gasteiger partial charge >= 0.3 is 0 Å². The van der Waals surface area contributed by atoms with E-state index >= 15 is 0 Å². The monoisotopic (exact) mass is 385 g/mol. The van der Waals surface area contributed by atoms with Crippen molar-refractivity contribution in [3.63, 3.8) is 0 Å². The Balaban J connectivity index is 1.95. The summed E-state index contributed by atoms with van der Waals surface area (Å²) >= 11 is 11.9. The molecule has 0 aliphatic carbocycles. The summed E-state index contributed by atoms with van der Waals surface area (Å²) in [6.07, 6.45) is 3.92. The molecule has 1 aliphatic rings. The van der Waals surface area contributed by atoms with Crippen molar-refractivity contribution in [1.29, 1.82) is 0 Å². The van der Waals surface area contributed by atoms with Crippen LogP contribution in [0.2, 0.25) is 10.0 Å². The molecular weight excluding hydrogens is 365 g/mol. The highest BCUT2D eigenvalue weighted by Crippen LogP contribution is 2.24. The smallest absolute Gasteiger partial charge is 0.187 e. The van der Waals surface area contributed by atoms with Gasteiger partial charge < -0.3 is 0 Å². The molecule has 134 valence electrons. The van der Waals surface area contributed by atoms with Crippen LogP contribution in [0.5, 0.6) is 0 Å². The van der Waals surface area contributed by atoms with Crippen LogP contribution in [-0.2, 0) is 4.79 Å². The van der Waals surface area contributed by atoms with E-state index in [1.807, 2.05) is 60.7 Å². The Morgan fingerprint density at radius 2 is 1.19 bits per heavy atom. The molecule has 1 heterocycles. The molecule has 0 saturated carbocycles. The van der Waals surface area contributed by atoms with Gasteiger partial charge in [-0.05, 0) is 61.4 Å². The Bertz CT molecular complexity index is 781. The van der Waals surface area contributed by atoms with Crippen LogP contribution in [0.25, 0.3) is 12.2 Å². The minimum Gasteiger partial charge on any atom is -0.292 e. The van der Waals surface area contributed by atoms with Gasteiger partial charge in [0.05, 0.1) is 0 Å². The lowest BCUT2D eigenvalue weighted by Crippen LogP contribution is -2.41. The van der Waals surface area contributed by atoms with E-state index in [0.717, 1.165) is 22.3 Å². The second-order valence-electron chi connectivity index (χ2n) is 6.77. The van der Waals surface area contributed by atoms with Gasteiger partial charge in [0, 0.05) is 40.3 Å². The summed E-state index contributed by atoms with van der Waals surface area (Å²) in [6, 6.07) is 15.4. The predicted octanol–water partition coefficient (Wildman–Crippen LogP) is 5.75. The summed E-state index contributed by atoms with van der Waals surface area (Å²) < 4.78 is 0. The Hall–Kier alpha value is -1.87. The molecule has 3 rings (SSSR count). The number of halogens is 2. The number of hydrogen-bond acceptors (Lipinski definition) is 2. The van der Waals surface area contributed by atoms with Crippen molar-refractivity contribution < 1.29 is 4.79 Å². The molecule has 2 aromatic rings. The first kappa shape index (κ1) is 18.9. The Labute approximate surface area is 164 Å². The molecule has 4 heteroatoms. The molecule has 0 N–H and O–H groups in total. The molecule has 0 aromatic heterocycles. The quantitative estimate of drug-likeness (QED) is 0.626. The van der Waals surface area contributed by atoms with Gasteiger partial charge in [0.1, 0.15) is 0 Å². The average Bonchev–Trinajstić information content (AvgIpc) is 2.62. The highest BCUT2D eigenvalue weighted by molar-refractivity contribution is 6.30. The van der Waals surface area contributed by atoms with E-state index in [9.17, 15) is 4.79 Å². The SMILES string of the molecule is CC(C)N1C/C(=C\c2ccc(Cl)cc2)C(=O)/C(=C/c2ccc(Cl)cc2)C1. The third-order valence-electron chi connectivity index (χ3n) is 4.48. The first-order valence-corrected chi connectivity index (χ1v) is 9.39. The fourth-order valence-corrected chi connectivity index (χ4v) is 3.20. The molecule has 0 unspecified atom stereocenters. The van der Waals surface area contributed by atoms with Gasteiger partial charge in [-0.3, -0.25) is 9.69 Å². The highest BCUT2D eigenvalue weighted by atomic mass is 35.5. The molecule has 2 aromatic carbocycles. The van der Waals surface area contributed by atoms with Crippen LogP contribution < -0.4 is 0 Å². The van der Waals surface area contributed by atoms with Gasteiger partial charge in [0.25, 0.3) is 0 Å². The molecule has 2 nitrogen and oxygen atoms in total.